The lowest BCUT2D eigenvalue weighted by atomic mass is 10.2. The third-order valence-electron chi connectivity index (χ3n) is 2.20. The van der Waals surface area contributed by atoms with Gasteiger partial charge in [0.1, 0.15) is 5.01 Å². The first kappa shape index (κ1) is 10.3. The molecule has 0 saturated heterocycles. The summed E-state index contributed by atoms with van der Waals surface area (Å²) in [7, 11) is 0. The summed E-state index contributed by atoms with van der Waals surface area (Å²) in [5.41, 5.74) is 6.67. The summed E-state index contributed by atoms with van der Waals surface area (Å²) in [6.45, 7) is 0.749. The first-order chi connectivity index (χ1) is 7.40. The van der Waals surface area contributed by atoms with Crippen molar-refractivity contribution in [2.24, 2.45) is 5.73 Å². The van der Waals surface area contributed by atoms with Crippen LogP contribution >= 0.6 is 11.3 Å². The Morgan fingerprint density at radius 2 is 2.00 bits per heavy atom. The van der Waals surface area contributed by atoms with Gasteiger partial charge in [0.2, 0.25) is 0 Å². The monoisotopic (exact) mass is 218 g/mol. The number of hydrogen-bond acceptors (Lipinski definition) is 3. The Balaban J connectivity index is 2.14. The molecule has 3 heteroatoms. The lowest BCUT2D eigenvalue weighted by Crippen LogP contribution is -1.99. The van der Waals surface area contributed by atoms with Gasteiger partial charge in [0.25, 0.3) is 0 Å². The maximum absolute atomic E-state index is 5.48. The van der Waals surface area contributed by atoms with E-state index in [9.17, 15) is 0 Å². The van der Waals surface area contributed by atoms with Gasteiger partial charge in [-0.2, -0.15) is 0 Å². The van der Waals surface area contributed by atoms with Gasteiger partial charge in [0, 0.05) is 16.6 Å². The predicted octanol–water partition coefficient (Wildman–Crippen LogP) is 2.70. The summed E-state index contributed by atoms with van der Waals surface area (Å²) in [5.74, 6) is 0. The fourth-order valence-electron chi connectivity index (χ4n) is 1.41. The molecule has 78 valence electrons. The summed E-state index contributed by atoms with van der Waals surface area (Å²) in [4.78, 5) is 5.74. The second-order valence-electron chi connectivity index (χ2n) is 3.39. The summed E-state index contributed by atoms with van der Waals surface area (Å²) in [6, 6.07) is 10.3. The van der Waals surface area contributed by atoms with Crippen LogP contribution in [-0.2, 0) is 6.42 Å². The number of aryl methyl sites for hydroxylation is 1. The minimum absolute atomic E-state index is 0.749. The predicted molar refractivity (Wildman–Crippen MR) is 64.9 cm³/mol. The quantitative estimate of drug-likeness (QED) is 0.857. The van der Waals surface area contributed by atoms with Crippen LogP contribution in [0.3, 0.4) is 0 Å². The highest BCUT2D eigenvalue weighted by molar-refractivity contribution is 7.15. The first-order valence-electron chi connectivity index (χ1n) is 5.10. The normalized spacial score (nSPS) is 10.5. The van der Waals surface area contributed by atoms with Crippen molar-refractivity contribution in [1.29, 1.82) is 0 Å². The van der Waals surface area contributed by atoms with E-state index >= 15 is 0 Å². The molecule has 1 aromatic carbocycles. The average Bonchev–Trinajstić information content (AvgIpc) is 2.76. The van der Waals surface area contributed by atoms with Gasteiger partial charge in [-0.1, -0.05) is 30.3 Å². The molecule has 2 rings (SSSR count). The lowest BCUT2D eigenvalue weighted by Gasteiger charge is -1.94. The molecule has 0 aliphatic carbocycles. The molecule has 0 bridgehead atoms. The molecular formula is C12H14N2S. The minimum Gasteiger partial charge on any atom is -0.330 e. The van der Waals surface area contributed by atoms with E-state index in [0.29, 0.717) is 0 Å². The van der Waals surface area contributed by atoms with Crippen LogP contribution in [-0.4, -0.2) is 11.5 Å². The van der Waals surface area contributed by atoms with Gasteiger partial charge in [-0.3, -0.25) is 0 Å². The van der Waals surface area contributed by atoms with E-state index in [1.165, 1.54) is 10.4 Å². The van der Waals surface area contributed by atoms with Crippen molar-refractivity contribution >= 4 is 11.3 Å². The molecule has 0 aliphatic rings. The van der Waals surface area contributed by atoms with E-state index in [4.69, 9.17) is 5.73 Å². The third kappa shape index (κ3) is 2.64. The second-order valence-corrected chi connectivity index (χ2v) is 4.51. The molecule has 0 fully saturated rings. The van der Waals surface area contributed by atoms with Gasteiger partial charge >= 0.3 is 0 Å². The van der Waals surface area contributed by atoms with Crippen molar-refractivity contribution in [1.82, 2.24) is 4.98 Å². The van der Waals surface area contributed by atoms with Gasteiger partial charge in [-0.05, 0) is 19.4 Å². The van der Waals surface area contributed by atoms with Crippen LogP contribution in [0, 0.1) is 0 Å². The van der Waals surface area contributed by atoms with Crippen molar-refractivity contribution in [3.8, 4) is 10.6 Å². The second kappa shape index (κ2) is 5.05. The molecule has 2 nitrogen and oxygen atoms in total. The van der Waals surface area contributed by atoms with Gasteiger partial charge in [0.15, 0.2) is 0 Å². The van der Waals surface area contributed by atoms with Crippen molar-refractivity contribution in [2.75, 3.05) is 6.54 Å². The van der Waals surface area contributed by atoms with Crippen molar-refractivity contribution in [3.63, 3.8) is 0 Å². The highest BCUT2D eigenvalue weighted by Crippen LogP contribution is 2.25. The maximum Gasteiger partial charge on any atom is 0.123 e. The highest BCUT2D eigenvalue weighted by Gasteiger charge is 2.03. The molecule has 0 radical (unpaired) electrons. The number of hydrogen-bond donors (Lipinski definition) is 1. The van der Waals surface area contributed by atoms with Crippen LogP contribution < -0.4 is 5.73 Å². The van der Waals surface area contributed by atoms with E-state index in [0.717, 1.165) is 24.4 Å². The van der Waals surface area contributed by atoms with Crippen LogP contribution in [0.5, 0.6) is 0 Å². The third-order valence-corrected chi connectivity index (χ3v) is 3.31. The SMILES string of the molecule is NCCCc1cnc(-c2ccccc2)s1. The Hall–Kier alpha value is -1.19. The fraction of sp³-hybridized carbons (Fsp3) is 0.250. The first-order valence-corrected chi connectivity index (χ1v) is 5.92. The van der Waals surface area contributed by atoms with E-state index in [2.05, 4.69) is 17.1 Å². The zero-order chi connectivity index (χ0) is 10.5. The molecule has 0 spiro atoms. The Kier molecular flexibility index (Phi) is 3.48. The molecule has 1 aromatic heterocycles. The standard InChI is InChI=1S/C12H14N2S/c13-8-4-7-11-9-14-12(15-11)10-5-2-1-3-6-10/h1-3,5-6,9H,4,7-8,13H2. The van der Waals surface area contributed by atoms with Crippen LogP contribution in [0.4, 0.5) is 0 Å². The van der Waals surface area contributed by atoms with Crippen LogP contribution in [0.25, 0.3) is 10.6 Å². The zero-order valence-electron chi connectivity index (χ0n) is 8.52. The number of nitrogens with two attached hydrogens (primary N) is 1. The highest BCUT2D eigenvalue weighted by atomic mass is 32.1. The largest absolute Gasteiger partial charge is 0.330 e. The molecule has 2 aromatic rings. The van der Waals surface area contributed by atoms with Crippen LogP contribution in [0.2, 0.25) is 0 Å². The fourth-order valence-corrected chi connectivity index (χ4v) is 2.37. The number of rotatable bonds is 4. The van der Waals surface area contributed by atoms with Crippen LogP contribution in [0.1, 0.15) is 11.3 Å². The van der Waals surface area contributed by atoms with Crippen molar-refractivity contribution < 1.29 is 0 Å². The smallest absolute Gasteiger partial charge is 0.123 e. The molecule has 1 heterocycles. The molecule has 0 atom stereocenters. The van der Waals surface area contributed by atoms with E-state index in [1.54, 1.807) is 11.3 Å². The summed E-state index contributed by atoms with van der Waals surface area (Å²) < 4.78 is 0. The summed E-state index contributed by atoms with van der Waals surface area (Å²) in [6.07, 6.45) is 4.04. The van der Waals surface area contributed by atoms with E-state index < -0.39 is 0 Å². The topological polar surface area (TPSA) is 38.9 Å². The van der Waals surface area contributed by atoms with Gasteiger partial charge < -0.3 is 5.73 Å². The molecule has 0 aliphatic heterocycles. The minimum atomic E-state index is 0.749. The lowest BCUT2D eigenvalue weighted by molar-refractivity contribution is 0.841. The number of aromatic nitrogens is 1. The molecular weight excluding hydrogens is 204 g/mol. The molecule has 2 N–H and O–H groups in total. The Morgan fingerprint density at radius 1 is 1.20 bits per heavy atom. The molecule has 0 amide bonds. The Morgan fingerprint density at radius 3 is 2.73 bits per heavy atom. The van der Waals surface area contributed by atoms with Gasteiger partial charge in [0.05, 0.1) is 0 Å². The zero-order valence-corrected chi connectivity index (χ0v) is 9.33. The Labute approximate surface area is 93.8 Å². The van der Waals surface area contributed by atoms with Gasteiger partial charge in [-0.25, -0.2) is 4.98 Å². The average molecular weight is 218 g/mol. The molecule has 0 unspecified atom stereocenters. The van der Waals surface area contributed by atoms with Gasteiger partial charge in [-0.15, -0.1) is 11.3 Å². The summed E-state index contributed by atoms with van der Waals surface area (Å²) >= 11 is 1.76. The maximum atomic E-state index is 5.48. The molecule has 15 heavy (non-hydrogen) atoms. The number of nitrogens with zero attached hydrogens (tertiary/aromatic N) is 1. The number of thiazole rings is 1. The van der Waals surface area contributed by atoms with E-state index in [1.807, 2.05) is 24.4 Å². The van der Waals surface area contributed by atoms with Crippen molar-refractivity contribution in [3.05, 3.63) is 41.4 Å². The summed E-state index contributed by atoms with van der Waals surface area (Å²) in [5, 5.41) is 1.10. The molecule has 0 saturated carbocycles. The number of benzene rings is 1. The Bertz CT molecular complexity index is 409. The van der Waals surface area contributed by atoms with Crippen LogP contribution in [0.15, 0.2) is 36.5 Å². The van der Waals surface area contributed by atoms with E-state index in [-0.39, 0.29) is 0 Å². The van der Waals surface area contributed by atoms with Crippen molar-refractivity contribution in [2.45, 2.75) is 12.8 Å².